The molecule has 0 spiro atoms. The normalized spacial score (nSPS) is 10.1. The van der Waals surface area contributed by atoms with Crippen molar-refractivity contribution >= 4 is 5.91 Å². The van der Waals surface area contributed by atoms with Crippen molar-refractivity contribution in [1.82, 2.24) is 10.6 Å². The maximum atomic E-state index is 10.9. The standard InChI is InChI=1S/C10H22N2O2/c1-11-7-5-3-4-6-8-12-10(13)9-14-2/h11H,3-9H2,1-2H3,(H,12,13). The van der Waals surface area contributed by atoms with Crippen molar-refractivity contribution < 1.29 is 9.53 Å². The Morgan fingerprint density at radius 2 is 1.79 bits per heavy atom. The maximum absolute atomic E-state index is 10.9. The molecule has 0 aliphatic rings. The minimum atomic E-state index is -0.0253. The van der Waals surface area contributed by atoms with Gasteiger partial charge in [0.2, 0.25) is 5.91 Å². The highest BCUT2D eigenvalue weighted by Gasteiger charge is 1.97. The molecule has 0 bridgehead atoms. The first-order chi connectivity index (χ1) is 6.81. The molecule has 1 amide bonds. The van der Waals surface area contributed by atoms with Crippen LogP contribution >= 0.6 is 0 Å². The number of ether oxygens (including phenoxy) is 1. The minimum absolute atomic E-state index is 0.0253. The van der Waals surface area contributed by atoms with Gasteiger partial charge in [0.25, 0.3) is 0 Å². The fourth-order valence-corrected chi connectivity index (χ4v) is 1.19. The van der Waals surface area contributed by atoms with Gasteiger partial charge in [-0.3, -0.25) is 4.79 Å². The summed E-state index contributed by atoms with van der Waals surface area (Å²) >= 11 is 0. The number of hydrogen-bond acceptors (Lipinski definition) is 3. The molecule has 0 atom stereocenters. The van der Waals surface area contributed by atoms with Gasteiger partial charge in [0, 0.05) is 13.7 Å². The molecule has 0 rings (SSSR count). The fourth-order valence-electron chi connectivity index (χ4n) is 1.19. The van der Waals surface area contributed by atoms with Crippen molar-refractivity contribution in [3.63, 3.8) is 0 Å². The molecule has 4 heteroatoms. The van der Waals surface area contributed by atoms with Crippen LogP contribution in [0, 0.1) is 0 Å². The van der Waals surface area contributed by atoms with Gasteiger partial charge in [0.1, 0.15) is 6.61 Å². The highest BCUT2D eigenvalue weighted by Crippen LogP contribution is 1.97. The van der Waals surface area contributed by atoms with E-state index in [1.165, 1.54) is 26.4 Å². The molecule has 0 aromatic rings. The predicted molar refractivity (Wildman–Crippen MR) is 57.3 cm³/mol. The predicted octanol–water partition coefficient (Wildman–Crippen LogP) is 0.529. The third-order valence-corrected chi connectivity index (χ3v) is 1.95. The van der Waals surface area contributed by atoms with Gasteiger partial charge in [-0.2, -0.15) is 0 Å². The summed E-state index contributed by atoms with van der Waals surface area (Å²) < 4.78 is 4.69. The molecule has 84 valence electrons. The van der Waals surface area contributed by atoms with Gasteiger partial charge in [-0.05, 0) is 26.4 Å². The van der Waals surface area contributed by atoms with Gasteiger partial charge in [-0.1, -0.05) is 12.8 Å². The van der Waals surface area contributed by atoms with E-state index in [0.717, 1.165) is 19.5 Å². The monoisotopic (exact) mass is 202 g/mol. The van der Waals surface area contributed by atoms with Crippen LogP contribution in [-0.4, -0.2) is 39.8 Å². The van der Waals surface area contributed by atoms with Gasteiger partial charge < -0.3 is 15.4 Å². The Labute approximate surface area is 86.4 Å². The molecule has 0 aromatic heterocycles. The lowest BCUT2D eigenvalue weighted by molar-refractivity contribution is -0.124. The Balaban J connectivity index is 3.01. The lowest BCUT2D eigenvalue weighted by atomic mass is 10.2. The lowest BCUT2D eigenvalue weighted by Crippen LogP contribution is -2.27. The Kier molecular flexibility index (Phi) is 10.0. The van der Waals surface area contributed by atoms with E-state index in [1.807, 2.05) is 7.05 Å². The molecule has 0 saturated heterocycles. The average molecular weight is 202 g/mol. The van der Waals surface area contributed by atoms with E-state index in [1.54, 1.807) is 0 Å². The Bertz CT molecular complexity index is 140. The van der Waals surface area contributed by atoms with Crippen molar-refractivity contribution in [3.05, 3.63) is 0 Å². The molecule has 0 radical (unpaired) electrons. The van der Waals surface area contributed by atoms with Crippen LogP contribution in [-0.2, 0) is 9.53 Å². The molecule has 0 unspecified atom stereocenters. The Morgan fingerprint density at radius 1 is 1.14 bits per heavy atom. The molecule has 0 saturated carbocycles. The zero-order chi connectivity index (χ0) is 10.6. The topological polar surface area (TPSA) is 50.4 Å². The zero-order valence-electron chi connectivity index (χ0n) is 9.27. The SMILES string of the molecule is CNCCCCCCNC(=O)COC. The van der Waals surface area contributed by atoms with Crippen LogP contribution in [0.3, 0.4) is 0 Å². The van der Waals surface area contributed by atoms with Gasteiger partial charge in [-0.15, -0.1) is 0 Å². The molecule has 4 nitrogen and oxygen atoms in total. The van der Waals surface area contributed by atoms with Crippen LogP contribution in [0.5, 0.6) is 0 Å². The summed E-state index contributed by atoms with van der Waals surface area (Å²) in [5.41, 5.74) is 0. The number of nitrogens with one attached hydrogen (secondary N) is 2. The molecule has 0 heterocycles. The lowest BCUT2D eigenvalue weighted by Gasteiger charge is -2.04. The van der Waals surface area contributed by atoms with Crippen molar-refractivity contribution in [3.8, 4) is 0 Å². The summed E-state index contributed by atoms with van der Waals surface area (Å²) in [6.07, 6.45) is 4.66. The van der Waals surface area contributed by atoms with Crippen LogP contribution in [0.15, 0.2) is 0 Å². The smallest absolute Gasteiger partial charge is 0.245 e. The number of methoxy groups -OCH3 is 1. The molecule has 0 aliphatic carbocycles. The van der Waals surface area contributed by atoms with E-state index < -0.39 is 0 Å². The number of carbonyl (C=O) groups excluding carboxylic acids is 1. The molecular formula is C10H22N2O2. The minimum Gasteiger partial charge on any atom is -0.375 e. The van der Waals surface area contributed by atoms with E-state index in [9.17, 15) is 4.79 Å². The highest BCUT2D eigenvalue weighted by atomic mass is 16.5. The molecule has 14 heavy (non-hydrogen) atoms. The second kappa shape index (κ2) is 10.5. The number of amides is 1. The number of rotatable bonds is 9. The third kappa shape index (κ3) is 9.48. The van der Waals surface area contributed by atoms with Crippen LogP contribution in [0.2, 0.25) is 0 Å². The summed E-state index contributed by atoms with van der Waals surface area (Å²) in [5.74, 6) is -0.0253. The first-order valence-electron chi connectivity index (χ1n) is 5.21. The first kappa shape index (κ1) is 13.4. The molecule has 0 aromatic carbocycles. The van der Waals surface area contributed by atoms with Crippen LogP contribution in [0.25, 0.3) is 0 Å². The summed E-state index contributed by atoms with van der Waals surface area (Å²) in [4.78, 5) is 10.9. The summed E-state index contributed by atoms with van der Waals surface area (Å²) in [6.45, 7) is 2.01. The Morgan fingerprint density at radius 3 is 2.36 bits per heavy atom. The number of hydrogen-bond donors (Lipinski definition) is 2. The summed E-state index contributed by atoms with van der Waals surface area (Å²) in [7, 11) is 3.49. The first-order valence-corrected chi connectivity index (χ1v) is 5.21. The summed E-state index contributed by atoms with van der Waals surface area (Å²) in [6, 6.07) is 0. The van der Waals surface area contributed by atoms with E-state index >= 15 is 0 Å². The van der Waals surface area contributed by atoms with Crippen LogP contribution in [0.4, 0.5) is 0 Å². The highest BCUT2D eigenvalue weighted by molar-refractivity contribution is 5.77. The number of carbonyl (C=O) groups is 1. The molecule has 2 N–H and O–H groups in total. The molecular weight excluding hydrogens is 180 g/mol. The van der Waals surface area contributed by atoms with Gasteiger partial charge in [0.05, 0.1) is 0 Å². The van der Waals surface area contributed by atoms with E-state index in [-0.39, 0.29) is 12.5 Å². The van der Waals surface area contributed by atoms with Crippen LogP contribution in [0.1, 0.15) is 25.7 Å². The quantitative estimate of drug-likeness (QED) is 0.536. The zero-order valence-corrected chi connectivity index (χ0v) is 9.27. The average Bonchev–Trinajstić information content (AvgIpc) is 2.17. The maximum Gasteiger partial charge on any atom is 0.245 e. The largest absolute Gasteiger partial charge is 0.375 e. The second-order valence-corrected chi connectivity index (χ2v) is 3.30. The van der Waals surface area contributed by atoms with Crippen molar-refractivity contribution in [2.75, 3.05) is 33.9 Å². The molecule has 0 fully saturated rings. The van der Waals surface area contributed by atoms with Gasteiger partial charge >= 0.3 is 0 Å². The van der Waals surface area contributed by atoms with E-state index in [0.29, 0.717) is 0 Å². The molecule has 0 aliphatic heterocycles. The van der Waals surface area contributed by atoms with Crippen LogP contribution < -0.4 is 10.6 Å². The van der Waals surface area contributed by atoms with Gasteiger partial charge in [-0.25, -0.2) is 0 Å². The Hall–Kier alpha value is -0.610. The van der Waals surface area contributed by atoms with Crippen molar-refractivity contribution in [2.24, 2.45) is 0 Å². The third-order valence-electron chi connectivity index (χ3n) is 1.95. The van der Waals surface area contributed by atoms with Gasteiger partial charge in [0.15, 0.2) is 0 Å². The van der Waals surface area contributed by atoms with Crippen molar-refractivity contribution in [2.45, 2.75) is 25.7 Å². The number of unbranched alkanes of at least 4 members (excludes halogenated alkanes) is 3. The second-order valence-electron chi connectivity index (χ2n) is 3.30. The summed E-state index contributed by atoms with van der Waals surface area (Å²) in [5, 5.41) is 5.90. The van der Waals surface area contributed by atoms with Crippen molar-refractivity contribution in [1.29, 1.82) is 0 Å². The fraction of sp³-hybridized carbons (Fsp3) is 0.900. The van der Waals surface area contributed by atoms with E-state index in [2.05, 4.69) is 10.6 Å². The van der Waals surface area contributed by atoms with E-state index in [4.69, 9.17) is 4.74 Å².